The first-order valence-electron chi connectivity index (χ1n) is 5.68. The molecule has 0 saturated heterocycles. The zero-order valence-electron chi connectivity index (χ0n) is 10.1. The summed E-state index contributed by atoms with van der Waals surface area (Å²) >= 11 is 5.78. The summed E-state index contributed by atoms with van der Waals surface area (Å²) in [6, 6.07) is 11.7. The molecule has 0 aliphatic carbocycles. The van der Waals surface area contributed by atoms with Crippen LogP contribution in [0.15, 0.2) is 42.5 Å². The van der Waals surface area contributed by atoms with Crippen molar-refractivity contribution in [1.29, 1.82) is 0 Å². The first kappa shape index (κ1) is 14.0. The molecule has 0 amide bonds. The summed E-state index contributed by atoms with van der Waals surface area (Å²) in [7, 11) is -1.09. The van der Waals surface area contributed by atoms with E-state index < -0.39 is 16.6 Å². The van der Waals surface area contributed by atoms with Crippen LogP contribution in [0.4, 0.5) is 10.1 Å². The number of rotatable bonds is 4. The molecule has 0 spiro atoms. The molecule has 2 aromatic carbocycles. The van der Waals surface area contributed by atoms with Gasteiger partial charge in [-0.25, -0.2) is 4.39 Å². The van der Waals surface area contributed by atoms with Crippen molar-refractivity contribution in [2.75, 3.05) is 5.73 Å². The molecular formula is C14H13ClFNOS. The number of hydrogen-bond acceptors (Lipinski definition) is 2. The Hall–Kier alpha value is -1.39. The molecule has 2 N–H and O–H groups in total. The molecule has 0 heterocycles. The number of benzene rings is 2. The summed E-state index contributed by atoms with van der Waals surface area (Å²) in [4.78, 5) is 0. The first-order valence-corrected chi connectivity index (χ1v) is 7.54. The molecule has 0 radical (unpaired) electrons. The zero-order chi connectivity index (χ0) is 13.8. The van der Waals surface area contributed by atoms with Crippen molar-refractivity contribution < 1.29 is 8.60 Å². The fraction of sp³-hybridized carbons (Fsp3) is 0.143. The molecule has 5 heteroatoms. The lowest BCUT2D eigenvalue weighted by Crippen LogP contribution is -2.01. The van der Waals surface area contributed by atoms with E-state index >= 15 is 0 Å². The van der Waals surface area contributed by atoms with Gasteiger partial charge in [0, 0.05) is 27.3 Å². The van der Waals surface area contributed by atoms with Crippen molar-refractivity contribution in [3.8, 4) is 0 Å². The van der Waals surface area contributed by atoms with E-state index in [4.69, 9.17) is 17.3 Å². The summed E-state index contributed by atoms with van der Waals surface area (Å²) < 4.78 is 25.2. The van der Waals surface area contributed by atoms with Gasteiger partial charge in [0.15, 0.2) is 0 Å². The highest BCUT2D eigenvalue weighted by Gasteiger charge is 2.06. The third kappa shape index (κ3) is 4.04. The van der Waals surface area contributed by atoms with Crippen molar-refractivity contribution in [3.05, 3.63) is 64.4 Å². The topological polar surface area (TPSA) is 43.1 Å². The Balaban J connectivity index is 2.01. The standard InChI is InChI=1S/C14H13ClFNOS/c15-12-4-1-10(2-5-12)8-19(18)9-11-3-6-14(17)13(16)7-11/h1-7H,8-9,17H2. The van der Waals surface area contributed by atoms with Gasteiger partial charge in [0.1, 0.15) is 5.82 Å². The highest BCUT2D eigenvalue weighted by atomic mass is 35.5. The van der Waals surface area contributed by atoms with Gasteiger partial charge in [-0.05, 0) is 35.4 Å². The Labute approximate surface area is 118 Å². The van der Waals surface area contributed by atoms with Gasteiger partial charge in [-0.3, -0.25) is 4.21 Å². The van der Waals surface area contributed by atoms with Gasteiger partial charge in [-0.15, -0.1) is 0 Å². The Bertz CT molecular complexity index is 601. The fourth-order valence-corrected chi connectivity index (χ4v) is 3.01. The van der Waals surface area contributed by atoms with Crippen molar-refractivity contribution in [2.45, 2.75) is 11.5 Å². The summed E-state index contributed by atoms with van der Waals surface area (Å²) in [6.45, 7) is 0. The molecule has 0 saturated carbocycles. The summed E-state index contributed by atoms with van der Waals surface area (Å²) in [6.07, 6.45) is 0. The maximum atomic E-state index is 13.3. The second-order valence-corrected chi connectivity index (χ2v) is 6.10. The largest absolute Gasteiger partial charge is 0.396 e. The summed E-state index contributed by atoms with van der Waals surface area (Å²) in [5.41, 5.74) is 7.12. The molecule has 0 aromatic heterocycles. The molecule has 1 unspecified atom stereocenters. The van der Waals surface area contributed by atoms with Crippen molar-refractivity contribution in [1.82, 2.24) is 0 Å². The molecule has 0 aliphatic heterocycles. The van der Waals surface area contributed by atoms with Crippen LogP contribution in [0.2, 0.25) is 5.02 Å². The Morgan fingerprint density at radius 1 is 1.05 bits per heavy atom. The van der Waals surface area contributed by atoms with E-state index in [2.05, 4.69) is 0 Å². The second kappa shape index (κ2) is 6.17. The van der Waals surface area contributed by atoms with Crippen LogP contribution in [-0.2, 0) is 22.3 Å². The second-order valence-electron chi connectivity index (χ2n) is 4.21. The van der Waals surface area contributed by atoms with E-state index in [1.807, 2.05) is 12.1 Å². The Morgan fingerprint density at radius 3 is 2.26 bits per heavy atom. The zero-order valence-corrected chi connectivity index (χ0v) is 11.7. The van der Waals surface area contributed by atoms with Crippen LogP contribution in [-0.4, -0.2) is 4.21 Å². The predicted octanol–water partition coefficient (Wildman–Crippen LogP) is 3.51. The molecular weight excluding hydrogens is 285 g/mol. The van der Waals surface area contributed by atoms with Crippen molar-refractivity contribution in [3.63, 3.8) is 0 Å². The molecule has 2 rings (SSSR count). The predicted molar refractivity (Wildman–Crippen MR) is 77.8 cm³/mol. The average Bonchev–Trinajstić information content (AvgIpc) is 2.37. The van der Waals surface area contributed by atoms with Crippen LogP contribution >= 0.6 is 11.6 Å². The van der Waals surface area contributed by atoms with Gasteiger partial charge < -0.3 is 5.73 Å². The van der Waals surface area contributed by atoms with Gasteiger partial charge in [-0.1, -0.05) is 29.8 Å². The van der Waals surface area contributed by atoms with Crippen LogP contribution in [0.25, 0.3) is 0 Å². The third-order valence-electron chi connectivity index (χ3n) is 2.63. The highest BCUT2D eigenvalue weighted by Crippen LogP contribution is 2.16. The molecule has 0 aliphatic rings. The number of halogens is 2. The minimum atomic E-state index is -1.09. The van der Waals surface area contributed by atoms with E-state index in [-0.39, 0.29) is 5.69 Å². The quantitative estimate of drug-likeness (QED) is 0.878. The van der Waals surface area contributed by atoms with E-state index in [1.54, 1.807) is 18.2 Å². The summed E-state index contributed by atoms with van der Waals surface area (Å²) in [5.74, 6) is 0.254. The van der Waals surface area contributed by atoms with Gasteiger partial charge >= 0.3 is 0 Å². The maximum absolute atomic E-state index is 13.3. The van der Waals surface area contributed by atoms with Gasteiger partial charge in [0.25, 0.3) is 0 Å². The lowest BCUT2D eigenvalue weighted by molar-refractivity contribution is 0.631. The normalized spacial score (nSPS) is 12.3. The van der Waals surface area contributed by atoms with E-state index in [0.717, 1.165) is 5.56 Å². The molecule has 2 nitrogen and oxygen atoms in total. The maximum Gasteiger partial charge on any atom is 0.146 e. The molecule has 1 atom stereocenters. The molecule has 100 valence electrons. The lowest BCUT2D eigenvalue weighted by atomic mass is 10.2. The minimum Gasteiger partial charge on any atom is -0.396 e. The van der Waals surface area contributed by atoms with Gasteiger partial charge in [0.2, 0.25) is 0 Å². The molecule has 19 heavy (non-hydrogen) atoms. The number of nitrogen functional groups attached to an aromatic ring is 1. The first-order chi connectivity index (χ1) is 9.04. The average molecular weight is 298 g/mol. The smallest absolute Gasteiger partial charge is 0.146 e. The van der Waals surface area contributed by atoms with Crippen LogP contribution in [0.5, 0.6) is 0 Å². The fourth-order valence-electron chi connectivity index (χ4n) is 1.66. The molecule has 2 aromatic rings. The van der Waals surface area contributed by atoms with Gasteiger partial charge in [0.05, 0.1) is 5.69 Å². The Kier molecular flexibility index (Phi) is 4.56. The van der Waals surface area contributed by atoms with Crippen molar-refractivity contribution >= 4 is 28.1 Å². The van der Waals surface area contributed by atoms with Crippen LogP contribution in [0.3, 0.4) is 0 Å². The van der Waals surface area contributed by atoms with E-state index in [9.17, 15) is 8.60 Å². The molecule has 0 fully saturated rings. The minimum absolute atomic E-state index is 0.104. The Morgan fingerprint density at radius 2 is 1.63 bits per heavy atom. The van der Waals surface area contributed by atoms with Gasteiger partial charge in [-0.2, -0.15) is 0 Å². The molecule has 0 bridgehead atoms. The highest BCUT2D eigenvalue weighted by molar-refractivity contribution is 7.83. The summed E-state index contributed by atoms with van der Waals surface area (Å²) in [5, 5.41) is 0.648. The van der Waals surface area contributed by atoms with Crippen LogP contribution in [0.1, 0.15) is 11.1 Å². The van der Waals surface area contributed by atoms with E-state index in [0.29, 0.717) is 22.1 Å². The monoisotopic (exact) mass is 297 g/mol. The van der Waals surface area contributed by atoms with Crippen LogP contribution in [0, 0.1) is 5.82 Å². The number of nitrogens with two attached hydrogens (primary N) is 1. The SMILES string of the molecule is Nc1ccc(CS(=O)Cc2ccc(Cl)cc2)cc1F. The third-order valence-corrected chi connectivity index (χ3v) is 4.20. The number of hydrogen-bond donors (Lipinski definition) is 1. The van der Waals surface area contributed by atoms with Crippen LogP contribution < -0.4 is 5.73 Å². The van der Waals surface area contributed by atoms with Crippen molar-refractivity contribution in [2.24, 2.45) is 0 Å². The van der Waals surface area contributed by atoms with E-state index in [1.165, 1.54) is 12.1 Å². The lowest BCUT2D eigenvalue weighted by Gasteiger charge is -2.04. The number of anilines is 1.